The maximum atomic E-state index is 6.17. The zero-order valence-corrected chi connectivity index (χ0v) is 15.8. The summed E-state index contributed by atoms with van der Waals surface area (Å²) in [5, 5.41) is 0. The molecule has 16 heavy (non-hydrogen) atoms. The van der Waals surface area contributed by atoms with Crippen LogP contribution in [0.15, 0.2) is 0 Å². The molecule has 1 fully saturated rings. The minimum atomic E-state index is -1.87. The lowest BCUT2D eigenvalue weighted by Gasteiger charge is -2.39. The first-order valence-corrected chi connectivity index (χ1v) is 17.2. The SMILES string of the molecule is C[Si](Cl)(Cl)CCCN1[Si](C)(C)CC[Si]1(C)C. The molecular formula is C10H25Cl2NSi3. The van der Waals surface area contributed by atoms with E-state index in [4.69, 9.17) is 22.2 Å². The lowest BCUT2D eigenvalue weighted by molar-refractivity contribution is 0.610. The van der Waals surface area contributed by atoms with Crippen molar-refractivity contribution in [2.45, 2.75) is 57.3 Å². The summed E-state index contributed by atoms with van der Waals surface area (Å²) >= 11 is 12.3. The van der Waals surface area contributed by atoms with Crippen LogP contribution in [0.3, 0.4) is 0 Å². The number of nitrogens with zero attached hydrogens (tertiary/aromatic N) is 1. The Kier molecular flexibility index (Phi) is 4.82. The zero-order valence-electron chi connectivity index (χ0n) is 11.2. The molecule has 1 saturated heterocycles. The maximum absolute atomic E-state index is 6.17. The molecule has 0 radical (unpaired) electrons. The predicted molar refractivity (Wildman–Crippen MR) is 84.0 cm³/mol. The molecule has 0 atom stereocenters. The Balaban J connectivity index is 2.52. The van der Waals surface area contributed by atoms with Crippen LogP contribution >= 0.6 is 22.2 Å². The van der Waals surface area contributed by atoms with E-state index in [9.17, 15) is 0 Å². The normalized spacial score (nSPS) is 24.9. The second-order valence-electron chi connectivity index (χ2n) is 6.45. The van der Waals surface area contributed by atoms with E-state index in [0.717, 1.165) is 6.04 Å². The monoisotopic (exact) mass is 313 g/mol. The smallest absolute Gasteiger partial charge is 0.248 e. The van der Waals surface area contributed by atoms with Crippen molar-refractivity contribution in [1.82, 2.24) is 4.23 Å². The van der Waals surface area contributed by atoms with Crippen molar-refractivity contribution < 1.29 is 0 Å². The van der Waals surface area contributed by atoms with Gasteiger partial charge in [0.2, 0.25) is 6.69 Å². The van der Waals surface area contributed by atoms with E-state index in [2.05, 4.69) is 30.4 Å². The highest BCUT2D eigenvalue weighted by atomic mass is 35.7. The summed E-state index contributed by atoms with van der Waals surface area (Å²) in [6.07, 6.45) is 1.20. The van der Waals surface area contributed by atoms with Crippen molar-refractivity contribution in [2.75, 3.05) is 6.54 Å². The Labute approximate surface area is 113 Å². The van der Waals surface area contributed by atoms with Crippen molar-refractivity contribution in [1.29, 1.82) is 0 Å². The molecule has 0 unspecified atom stereocenters. The van der Waals surface area contributed by atoms with E-state index in [1.165, 1.54) is 25.1 Å². The Morgan fingerprint density at radius 1 is 1.06 bits per heavy atom. The molecule has 6 heteroatoms. The van der Waals surface area contributed by atoms with Crippen LogP contribution in [0.4, 0.5) is 0 Å². The van der Waals surface area contributed by atoms with Crippen molar-refractivity contribution in [2.24, 2.45) is 0 Å². The molecular weight excluding hydrogens is 289 g/mol. The van der Waals surface area contributed by atoms with Crippen LogP contribution in [0.25, 0.3) is 0 Å². The van der Waals surface area contributed by atoms with E-state index in [0.29, 0.717) is 0 Å². The molecule has 1 heterocycles. The first-order chi connectivity index (χ1) is 7.05. The van der Waals surface area contributed by atoms with Crippen LogP contribution in [0.5, 0.6) is 0 Å². The minimum Gasteiger partial charge on any atom is -0.345 e. The van der Waals surface area contributed by atoms with Crippen LogP contribution in [0.2, 0.25) is 50.9 Å². The van der Waals surface area contributed by atoms with E-state index >= 15 is 0 Å². The van der Waals surface area contributed by atoms with Gasteiger partial charge in [0.05, 0.1) is 0 Å². The summed E-state index contributed by atoms with van der Waals surface area (Å²) in [7, 11) is -2.15. The van der Waals surface area contributed by atoms with Crippen LogP contribution in [-0.4, -0.2) is 33.9 Å². The van der Waals surface area contributed by atoms with Gasteiger partial charge in [-0.15, -0.1) is 22.2 Å². The Bertz CT molecular complexity index is 235. The molecule has 0 N–H and O–H groups in total. The lowest BCUT2D eigenvalue weighted by atomic mass is 10.5. The van der Waals surface area contributed by atoms with Crippen LogP contribution in [-0.2, 0) is 0 Å². The molecule has 1 nitrogen and oxygen atoms in total. The minimum absolute atomic E-state index is 1.04. The predicted octanol–water partition coefficient (Wildman–Crippen LogP) is 4.65. The van der Waals surface area contributed by atoms with Crippen LogP contribution < -0.4 is 0 Å². The van der Waals surface area contributed by atoms with Gasteiger partial charge in [0.1, 0.15) is 16.5 Å². The van der Waals surface area contributed by atoms with Crippen LogP contribution in [0, 0.1) is 0 Å². The van der Waals surface area contributed by atoms with Crippen molar-refractivity contribution >= 4 is 45.3 Å². The third-order valence-corrected chi connectivity index (χ3v) is 16.6. The Morgan fingerprint density at radius 2 is 1.50 bits per heavy atom. The van der Waals surface area contributed by atoms with Gasteiger partial charge in [0.15, 0.2) is 0 Å². The third-order valence-electron chi connectivity index (χ3n) is 3.81. The second-order valence-corrected chi connectivity index (χ2v) is 24.5. The third kappa shape index (κ3) is 4.14. The van der Waals surface area contributed by atoms with Gasteiger partial charge in [-0.3, -0.25) is 0 Å². The van der Waals surface area contributed by atoms with Crippen molar-refractivity contribution in [3.05, 3.63) is 0 Å². The summed E-state index contributed by atoms with van der Waals surface area (Å²) in [4.78, 5) is 0. The van der Waals surface area contributed by atoms with Gasteiger partial charge in [0.25, 0.3) is 0 Å². The number of hydrogen-bond acceptors (Lipinski definition) is 1. The largest absolute Gasteiger partial charge is 0.345 e. The highest BCUT2D eigenvalue weighted by molar-refractivity contribution is 7.44. The molecule has 0 spiro atoms. The van der Waals surface area contributed by atoms with Crippen molar-refractivity contribution in [3.8, 4) is 0 Å². The quantitative estimate of drug-likeness (QED) is 0.539. The lowest BCUT2D eigenvalue weighted by Crippen LogP contribution is -2.55. The molecule has 1 rings (SSSR count). The highest BCUT2D eigenvalue weighted by Gasteiger charge is 2.46. The molecule has 0 bridgehead atoms. The molecule has 0 aromatic carbocycles. The molecule has 1 aliphatic heterocycles. The molecule has 0 aliphatic carbocycles. The molecule has 0 aromatic rings. The topological polar surface area (TPSA) is 3.24 Å². The number of hydrogen-bond donors (Lipinski definition) is 0. The first kappa shape index (κ1) is 15.2. The fraction of sp³-hybridized carbons (Fsp3) is 1.00. The average Bonchev–Trinajstić information content (AvgIpc) is 2.25. The summed E-state index contributed by atoms with van der Waals surface area (Å²) < 4.78 is 2.91. The van der Waals surface area contributed by atoms with E-state index in [1.807, 2.05) is 6.55 Å². The van der Waals surface area contributed by atoms with Crippen LogP contribution in [0.1, 0.15) is 6.42 Å². The van der Waals surface area contributed by atoms with Gasteiger partial charge < -0.3 is 4.23 Å². The number of halogens is 2. The average molecular weight is 314 g/mol. The zero-order chi connectivity index (χ0) is 12.6. The first-order valence-electron chi connectivity index (χ1n) is 6.20. The molecule has 0 saturated carbocycles. The fourth-order valence-corrected chi connectivity index (χ4v) is 18.6. The second kappa shape index (κ2) is 5.05. The number of rotatable bonds is 4. The molecule has 0 aromatic heterocycles. The van der Waals surface area contributed by atoms with Gasteiger partial charge in [-0.05, 0) is 37.6 Å². The summed E-state index contributed by atoms with van der Waals surface area (Å²) in [5.41, 5.74) is 0. The van der Waals surface area contributed by atoms with E-state index in [-0.39, 0.29) is 0 Å². The van der Waals surface area contributed by atoms with Gasteiger partial charge in [-0.2, -0.15) is 0 Å². The van der Waals surface area contributed by atoms with Gasteiger partial charge in [-0.25, -0.2) is 0 Å². The van der Waals surface area contributed by atoms with E-state index < -0.39 is 23.2 Å². The maximum Gasteiger partial charge on any atom is 0.248 e. The van der Waals surface area contributed by atoms with Gasteiger partial charge >= 0.3 is 0 Å². The van der Waals surface area contributed by atoms with Gasteiger partial charge in [0, 0.05) is 0 Å². The Morgan fingerprint density at radius 3 is 1.88 bits per heavy atom. The molecule has 1 aliphatic rings. The Hall–Kier alpha value is 1.19. The summed E-state index contributed by atoms with van der Waals surface area (Å²) in [6, 6.07) is 4.02. The van der Waals surface area contributed by atoms with E-state index in [1.54, 1.807) is 0 Å². The standard InChI is InChI=1S/C10H25Cl2NSi3/c1-14(2)9-10-15(3,4)13(14)7-6-8-16(5,11)12/h6-10H2,1-5H3. The summed E-state index contributed by atoms with van der Waals surface area (Å²) in [5.74, 6) is 0. The fourth-order valence-electron chi connectivity index (χ4n) is 2.85. The summed E-state index contributed by atoms with van der Waals surface area (Å²) in [6.45, 7) is 11.5. The molecule has 0 amide bonds. The highest BCUT2D eigenvalue weighted by Crippen LogP contribution is 2.37. The van der Waals surface area contributed by atoms with Gasteiger partial charge in [-0.1, -0.05) is 26.2 Å². The molecule has 96 valence electrons. The van der Waals surface area contributed by atoms with Crippen molar-refractivity contribution in [3.63, 3.8) is 0 Å².